The van der Waals surface area contributed by atoms with Crippen LogP contribution in [0.3, 0.4) is 0 Å². The third-order valence-corrected chi connectivity index (χ3v) is 3.34. The van der Waals surface area contributed by atoms with E-state index in [9.17, 15) is 4.79 Å². The molecule has 0 aliphatic carbocycles. The Bertz CT molecular complexity index is 385. The molecule has 0 saturated heterocycles. The van der Waals surface area contributed by atoms with Gasteiger partial charge in [-0.3, -0.25) is 4.79 Å². The lowest BCUT2D eigenvalue weighted by Crippen LogP contribution is -2.18. The maximum absolute atomic E-state index is 11.3. The van der Waals surface area contributed by atoms with Crippen LogP contribution in [0, 0.1) is 0 Å². The number of hydrogen-bond acceptors (Lipinski definition) is 5. The Labute approximate surface area is 118 Å². The van der Waals surface area contributed by atoms with E-state index in [0.29, 0.717) is 19.0 Å². The van der Waals surface area contributed by atoms with Crippen molar-refractivity contribution >= 4 is 17.7 Å². The Morgan fingerprint density at radius 1 is 1.42 bits per heavy atom. The monoisotopic (exact) mass is 283 g/mol. The van der Waals surface area contributed by atoms with Gasteiger partial charge in [0.05, 0.1) is 19.0 Å². The maximum atomic E-state index is 11.3. The lowest BCUT2D eigenvalue weighted by Gasteiger charge is -2.06. The highest BCUT2D eigenvalue weighted by Gasteiger charge is 2.03. The number of carbonyl (C=O) groups excluding carboxylic acids is 1. The summed E-state index contributed by atoms with van der Waals surface area (Å²) in [7, 11) is 1.69. The summed E-state index contributed by atoms with van der Waals surface area (Å²) in [5.74, 6) is 0.185. The molecule has 19 heavy (non-hydrogen) atoms. The van der Waals surface area contributed by atoms with Gasteiger partial charge in [-0.25, -0.2) is 0 Å². The van der Waals surface area contributed by atoms with Crippen LogP contribution in [0.2, 0.25) is 0 Å². The highest BCUT2D eigenvalue weighted by Crippen LogP contribution is 2.19. The summed E-state index contributed by atoms with van der Waals surface area (Å²) < 4.78 is 9.87. The third-order valence-electron chi connectivity index (χ3n) is 2.37. The fraction of sp³-hybridized carbons (Fsp3) is 0.500. The van der Waals surface area contributed by atoms with Gasteiger partial charge >= 0.3 is 5.97 Å². The average Bonchev–Trinajstić information content (AvgIpc) is 2.42. The number of nitrogens with one attached hydrogen (secondary N) is 1. The highest BCUT2D eigenvalue weighted by atomic mass is 32.2. The van der Waals surface area contributed by atoms with E-state index in [1.807, 2.05) is 19.1 Å². The number of ether oxygens (including phenoxy) is 2. The van der Waals surface area contributed by atoms with Crippen molar-refractivity contribution in [3.63, 3.8) is 0 Å². The van der Waals surface area contributed by atoms with Crippen molar-refractivity contribution in [1.82, 2.24) is 5.32 Å². The second-order valence-corrected chi connectivity index (χ2v) is 4.96. The van der Waals surface area contributed by atoms with Crippen LogP contribution in [0.4, 0.5) is 0 Å². The predicted octanol–water partition coefficient (Wildman–Crippen LogP) is 2.08. The van der Waals surface area contributed by atoms with Crippen molar-refractivity contribution in [2.75, 3.05) is 32.6 Å². The molecule has 0 heterocycles. The fourth-order valence-corrected chi connectivity index (χ4v) is 2.27. The van der Waals surface area contributed by atoms with Crippen molar-refractivity contribution in [1.29, 1.82) is 0 Å². The molecule has 0 spiro atoms. The molecule has 0 saturated carbocycles. The first-order valence-electron chi connectivity index (χ1n) is 6.33. The van der Waals surface area contributed by atoms with Gasteiger partial charge in [0.15, 0.2) is 0 Å². The van der Waals surface area contributed by atoms with Gasteiger partial charge in [0.1, 0.15) is 0 Å². The number of thioether (sulfide) groups is 1. The molecule has 1 aromatic rings. The van der Waals surface area contributed by atoms with Crippen LogP contribution >= 0.6 is 11.8 Å². The molecule has 0 radical (unpaired) electrons. The van der Waals surface area contributed by atoms with Gasteiger partial charge in [-0.1, -0.05) is 12.1 Å². The summed E-state index contributed by atoms with van der Waals surface area (Å²) in [5.41, 5.74) is 1.20. The van der Waals surface area contributed by atoms with E-state index >= 15 is 0 Å². The SMILES string of the molecule is CCOC(=O)CSc1cccc(CNCCOC)c1. The number of hydrogen-bond donors (Lipinski definition) is 1. The summed E-state index contributed by atoms with van der Waals surface area (Å²) in [6.07, 6.45) is 0. The van der Waals surface area contributed by atoms with E-state index in [0.717, 1.165) is 18.0 Å². The summed E-state index contributed by atoms with van der Waals surface area (Å²) >= 11 is 1.50. The highest BCUT2D eigenvalue weighted by molar-refractivity contribution is 8.00. The van der Waals surface area contributed by atoms with E-state index in [2.05, 4.69) is 17.4 Å². The van der Waals surface area contributed by atoms with E-state index in [1.54, 1.807) is 7.11 Å². The number of benzene rings is 1. The minimum absolute atomic E-state index is 0.170. The van der Waals surface area contributed by atoms with Crippen molar-refractivity contribution < 1.29 is 14.3 Å². The largest absolute Gasteiger partial charge is 0.465 e. The number of methoxy groups -OCH3 is 1. The maximum Gasteiger partial charge on any atom is 0.316 e. The lowest BCUT2D eigenvalue weighted by atomic mass is 10.2. The minimum atomic E-state index is -0.170. The Balaban J connectivity index is 2.36. The first kappa shape index (κ1) is 16.0. The van der Waals surface area contributed by atoms with Crippen LogP contribution in [0.5, 0.6) is 0 Å². The molecule has 5 heteroatoms. The van der Waals surface area contributed by atoms with Crippen LogP contribution in [-0.4, -0.2) is 38.6 Å². The van der Waals surface area contributed by atoms with Crippen LogP contribution in [-0.2, 0) is 20.8 Å². The van der Waals surface area contributed by atoms with Crippen molar-refractivity contribution in [3.05, 3.63) is 29.8 Å². The molecule has 0 unspecified atom stereocenters. The number of rotatable bonds is 9. The number of esters is 1. The Morgan fingerprint density at radius 2 is 2.26 bits per heavy atom. The normalized spacial score (nSPS) is 10.4. The molecule has 1 N–H and O–H groups in total. The lowest BCUT2D eigenvalue weighted by molar-refractivity contribution is -0.139. The standard InChI is InChI=1S/C14H21NO3S/c1-3-18-14(16)11-19-13-6-4-5-12(9-13)10-15-7-8-17-2/h4-6,9,15H,3,7-8,10-11H2,1-2H3. The van der Waals surface area contributed by atoms with Crippen molar-refractivity contribution in [3.8, 4) is 0 Å². The zero-order chi connectivity index (χ0) is 13.9. The molecule has 4 nitrogen and oxygen atoms in total. The molecule has 1 aromatic carbocycles. The van der Waals surface area contributed by atoms with E-state index in [4.69, 9.17) is 9.47 Å². The van der Waals surface area contributed by atoms with Gasteiger partial charge in [-0.2, -0.15) is 0 Å². The average molecular weight is 283 g/mol. The molecule has 0 atom stereocenters. The molecule has 0 bridgehead atoms. The zero-order valence-corrected chi connectivity index (χ0v) is 12.3. The zero-order valence-electron chi connectivity index (χ0n) is 11.5. The quantitative estimate of drug-likeness (QED) is 0.427. The first-order chi connectivity index (χ1) is 9.26. The third kappa shape index (κ3) is 7.20. The van der Waals surface area contributed by atoms with Crippen LogP contribution in [0.15, 0.2) is 29.2 Å². The van der Waals surface area contributed by atoms with E-state index < -0.39 is 0 Å². The van der Waals surface area contributed by atoms with Gasteiger partial charge in [0.2, 0.25) is 0 Å². The smallest absolute Gasteiger partial charge is 0.316 e. The molecule has 0 amide bonds. The second-order valence-electron chi connectivity index (χ2n) is 3.91. The molecule has 106 valence electrons. The van der Waals surface area contributed by atoms with Crippen LogP contribution in [0.25, 0.3) is 0 Å². The molecular formula is C14H21NO3S. The fourth-order valence-electron chi connectivity index (χ4n) is 1.50. The van der Waals surface area contributed by atoms with Gasteiger partial charge in [-0.15, -0.1) is 11.8 Å². The Morgan fingerprint density at radius 3 is 3.00 bits per heavy atom. The molecule has 0 aliphatic rings. The van der Waals surface area contributed by atoms with Gasteiger partial charge in [-0.05, 0) is 24.6 Å². The summed E-state index contributed by atoms with van der Waals surface area (Å²) in [6.45, 7) is 4.59. The van der Waals surface area contributed by atoms with Crippen molar-refractivity contribution in [2.45, 2.75) is 18.4 Å². The molecule has 1 rings (SSSR count). The molecule has 0 fully saturated rings. The molecule has 0 aromatic heterocycles. The van der Waals surface area contributed by atoms with Crippen molar-refractivity contribution in [2.24, 2.45) is 0 Å². The Hall–Kier alpha value is -1.04. The van der Waals surface area contributed by atoms with Gasteiger partial charge in [0, 0.05) is 25.1 Å². The first-order valence-corrected chi connectivity index (χ1v) is 7.31. The Kier molecular flexibility index (Phi) is 8.29. The summed E-state index contributed by atoms with van der Waals surface area (Å²) in [5, 5.41) is 3.29. The molecule has 0 aliphatic heterocycles. The summed E-state index contributed by atoms with van der Waals surface area (Å²) in [4.78, 5) is 12.4. The summed E-state index contributed by atoms with van der Waals surface area (Å²) in [6, 6.07) is 8.15. The predicted molar refractivity (Wildman–Crippen MR) is 77.4 cm³/mol. The van der Waals surface area contributed by atoms with E-state index in [-0.39, 0.29) is 5.97 Å². The van der Waals surface area contributed by atoms with E-state index in [1.165, 1.54) is 17.3 Å². The van der Waals surface area contributed by atoms with Crippen LogP contribution < -0.4 is 5.32 Å². The minimum Gasteiger partial charge on any atom is -0.465 e. The van der Waals surface area contributed by atoms with Gasteiger partial charge in [0.25, 0.3) is 0 Å². The molecular weight excluding hydrogens is 262 g/mol. The van der Waals surface area contributed by atoms with Gasteiger partial charge < -0.3 is 14.8 Å². The number of carbonyl (C=O) groups is 1. The topological polar surface area (TPSA) is 47.6 Å². The second kappa shape index (κ2) is 9.83. The van der Waals surface area contributed by atoms with Crippen LogP contribution in [0.1, 0.15) is 12.5 Å².